The molecule has 106 valence electrons. The van der Waals surface area contributed by atoms with Gasteiger partial charge >= 0.3 is 0 Å². The molecule has 0 aliphatic heterocycles. The van der Waals surface area contributed by atoms with Crippen molar-refractivity contribution in [2.24, 2.45) is 0 Å². The molecule has 0 spiro atoms. The van der Waals surface area contributed by atoms with Crippen molar-refractivity contribution in [2.45, 2.75) is 12.5 Å². The number of methoxy groups -OCH3 is 1. The number of hydrogen-bond acceptors (Lipinski definition) is 4. The van der Waals surface area contributed by atoms with Crippen LogP contribution in [0.25, 0.3) is 0 Å². The van der Waals surface area contributed by atoms with Crippen LogP contribution in [0.4, 0.5) is 0 Å². The van der Waals surface area contributed by atoms with Crippen LogP contribution in [0.15, 0.2) is 41.8 Å². The molecule has 2 N–H and O–H groups in total. The molecule has 1 atom stereocenters. The fraction of sp³-hybridized carbons (Fsp3) is 0.267. The molecule has 0 radical (unpaired) electrons. The van der Waals surface area contributed by atoms with Gasteiger partial charge < -0.3 is 15.2 Å². The van der Waals surface area contributed by atoms with E-state index in [-0.39, 0.29) is 12.5 Å². The number of benzene rings is 1. The Balaban J connectivity index is 2.06. The zero-order valence-electron chi connectivity index (χ0n) is 11.4. The first kappa shape index (κ1) is 14.6. The van der Waals surface area contributed by atoms with E-state index in [4.69, 9.17) is 4.74 Å². The number of para-hydroxylation sites is 1. The quantitative estimate of drug-likeness (QED) is 0.889. The van der Waals surface area contributed by atoms with E-state index in [9.17, 15) is 9.90 Å². The average molecular weight is 291 g/mol. The fourth-order valence-electron chi connectivity index (χ4n) is 1.85. The molecule has 1 aromatic carbocycles. The number of carbonyl (C=O) groups is 1. The third-order valence-electron chi connectivity index (χ3n) is 3.00. The summed E-state index contributed by atoms with van der Waals surface area (Å²) in [4.78, 5) is 13.0. The normalized spacial score (nSPS) is 13.6. The zero-order chi connectivity index (χ0) is 14.6. The van der Waals surface area contributed by atoms with Gasteiger partial charge in [0.2, 0.25) is 0 Å². The predicted molar refractivity (Wildman–Crippen MR) is 79.2 cm³/mol. The second-order valence-electron chi connectivity index (χ2n) is 4.63. The number of thiophene rings is 1. The Kier molecular flexibility index (Phi) is 4.42. The monoisotopic (exact) mass is 291 g/mol. The summed E-state index contributed by atoms with van der Waals surface area (Å²) < 4.78 is 5.15. The van der Waals surface area contributed by atoms with Crippen molar-refractivity contribution in [2.75, 3.05) is 13.7 Å². The van der Waals surface area contributed by atoms with Crippen LogP contribution in [0, 0.1) is 0 Å². The summed E-state index contributed by atoms with van der Waals surface area (Å²) in [5, 5.41) is 15.0. The lowest BCUT2D eigenvalue weighted by atomic mass is 10.0. The lowest BCUT2D eigenvalue weighted by Gasteiger charge is -2.22. The van der Waals surface area contributed by atoms with Crippen molar-refractivity contribution in [3.63, 3.8) is 0 Å². The van der Waals surface area contributed by atoms with Gasteiger partial charge in [-0.15, -0.1) is 11.3 Å². The maximum Gasteiger partial charge on any atom is 0.255 e. The highest BCUT2D eigenvalue weighted by Crippen LogP contribution is 2.25. The van der Waals surface area contributed by atoms with Crippen LogP contribution in [0.3, 0.4) is 0 Å². The standard InChI is InChI=1S/C15H17NO3S/c1-15(18,13-8-5-9-20-13)10-16-14(17)11-6-3-4-7-12(11)19-2/h3-9,18H,10H2,1-2H3,(H,16,17). The molecule has 1 aromatic heterocycles. The highest BCUT2D eigenvalue weighted by atomic mass is 32.1. The summed E-state index contributed by atoms with van der Waals surface area (Å²) >= 11 is 1.46. The molecule has 20 heavy (non-hydrogen) atoms. The highest BCUT2D eigenvalue weighted by molar-refractivity contribution is 7.10. The number of hydrogen-bond donors (Lipinski definition) is 2. The smallest absolute Gasteiger partial charge is 0.255 e. The van der Waals surface area contributed by atoms with Crippen molar-refractivity contribution >= 4 is 17.2 Å². The Labute approximate surface area is 122 Å². The van der Waals surface area contributed by atoms with Gasteiger partial charge in [0.25, 0.3) is 5.91 Å². The summed E-state index contributed by atoms with van der Waals surface area (Å²) in [6.45, 7) is 1.83. The summed E-state index contributed by atoms with van der Waals surface area (Å²) in [5.74, 6) is 0.250. The predicted octanol–water partition coefficient (Wildman–Crippen LogP) is 2.39. The van der Waals surface area contributed by atoms with Gasteiger partial charge in [-0.25, -0.2) is 0 Å². The Morgan fingerprint density at radius 1 is 1.35 bits per heavy atom. The third-order valence-corrected chi connectivity index (χ3v) is 4.12. The van der Waals surface area contributed by atoms with Gasteiger partial charge in [-0.05, 0) is 30.5 Å². The van der Waals surface area contributed by atoms with Crippen LogP contribution in [0.5, 0.6) is 5.75 Å². The lowest BCUT2D eigenvalue weighted by Crippen LogP contribution is -2.38. The van der Waals surface area contributed by atoms with Crippen molar-refractivity contribution in [1.82, 2.24) is 5.32 Å². The molecule has 4 nitrogen and oxygen atoms in total. The minimum atomic E-state index is -1.08. The van der Waals surface area contributed by atoms with Crippen LogP contribution in [-0.2, 0) is 5.60 Å². The van der Waals surface area contributed by atoms with Gasteiger partial charge in [-0.1, -0.05) is 18.2 Å². The van der Waals surface area contributed by atoms with Crippen LogP contribution in [0.1, 0.15) is 22.2 Å². The van der Waals surface area contributed by atoms with Gasteiger partial charge in [0, 0.05) is 4.88 Å². The molecule has 0 bridgehead atoms. The van der Waals surface area contributed by atoms with E-state index in [0.29, 0.717) is 11.3 Å². The van der Waals surface area contributed by atoms with Gasteiger partial charge in [0.05, 0.1) is 19.2 Å². The summed E-state index contributed by atoms with van der Waals surface area (Å²) in [6, 6.07) is 10.7. The lowest BCUT2D eigenvalue weighted by molar-refractivity contribution is 0.0556. The molecule has 2 rings (SSSR count). The minimum absolute atomic E-state index is 0.143. The first-order valence-corrected chi connectivity index (χ1v) is 7.10. The van der Waals surface area contributed by atoms with E-state index in [1.165, 1.54) is 18.4 Å². The molecule has 0 saturated carbocycles. The second-order valence-corrected chi connectivity index (χ2v) is 5.58. The molecule has 1 amide bonds. The fourth-order valence-corrected chi connectivity index (χ4v) is 2.64. The van der Waals surface area contributed by atoms with Crippen LogP contribution >= 0.6 is 11.3 Å². The van der Waals surface area contributed by atoms with E-state index in [2.05, 4.69) is 5.32 Å². The van der Waals surface area contributed by atoms with Gasteiger partial charge in [-0.2, -0.15) is 0 Å². The van der Waals surface area contributed by atoms with Gasteiger partial charge in [0.15, 0.2) is 0 Å². The Bertz CT molecular complexity index is 579. The average Bonchev–Trinajstić information content (AvgIpc) is 3.00. The molecule has 0 fully saturated rings. The first-order chi connectivity index (χ1) is 9.54. The first-order valence-electron chi connectivity index (χ1n) is 6.22. The number of rotatable bonds is 5. The molecule has 1 unspecified atom stereocenters. The van der Waals surface area contributed by atoms with E-state index < -0.39 is 5.60 Å². The summed E-state index contributed by atoms with van der Waals surface area (Å²) in [5.41, 5.74) is -0.622. The maximum atomic E-state index is 12.1. The zero-order valence-corrected chi connectivity index (χ0v) is 12.2. The molecule has 2 aromatic rings. The van der Waals surface area contributed by atoms with Crippen molar-refractivity contribution in [3.8, 4) is 5.75 Å². The van der Waals surface area contributed by atoms with E-state index in [1.54, 1.807) is 31.2 Å². The number of carbonyl (C=O) groups excluding carboxylic acids is 1. The molecule has 1 heterocycles. The van der Waals surface area contributed by atoms with Crippen LogP contribution in [0.2, 0.25) is 0 Å². The van der Waals surface area contributed by atoms with E-state index in [0.717, 1.165) is 4.88 Å². The molecule has 0 aliphatic rings. The summed E-state index contributed by atoms with van der Waals surface area (Å²) in [6.07, 6.45) is 0. The Hall–Kier alpha value is -1.85. The van der Waals surface area contributed by atoms with Crippen LogP contribution in [-0.4, -0.2) is 24.7 Å². The minimum Gasteiger partial charge on any atom is -0.496 e. The number of aliphatic hydroxyl groups is 1. The van der Waals surface area contributed by atoms with Crippen LogP contribution < -0.4 is 10.1 Å². The Morgan fingerprint density at radius 3 is 2.75 bits per heavy atom. The number of ether oxygens (including phenoxy) is 1. The Morgan fingerprint density at radius 2 is 2.10 bits per heavy atom. The number of nitrogens with one attached hydrogen (secondary N) is 1. The SMILES string of the molecule is COc1ccccc1C(=O)NCC(C)(O)c1cccs1. The van der Waals surface area contributed by atoms with E-state index in [1.807, 2.05) is 17.5 Å². The molecule has 0 aliphatic carbocycles. The largest absolute Gasteiger partial charge is 0.496 e. The highest BCUT2D eigenvalue weighted by Gasteiger charge is 2.25. The second kappa shape index (κ2) is 6.07. The van der Waals surface area contributed by atoms with Crippen molar-refractivity contribution in [3.05, 3.63) is 52.2 Å². The molecule has 0 saturated heterocycles. The molecular formula is C15H17NO3S. The number of amides is 1. The van der Waals surface area contributed by atoms with Gasteiger partial charge in [-0.3, -0.25) is 4.79 Å². The van der Waals surface area contributed by atoms with E-state index >= 15 is 0 Å². The topological polar surface area (TPSA) is 58.6 Å². The van der Waals surface area contributed by atoms with Gasteiger partial charge in [0.1, 0.15) is 11.4 Å². The summed E-state index contributed by atoms with van der Waals surface area (Å²) in [7, 11) is 1.52. The van der Waals surface area contributed by atoms with Crippen molar-refractivity contribution < 1.29 is 14.6 Å². The van der Waals surface area contributed by atoms with Crippen molar-refractivity contribution in [1.29, 1.82) is 0 Å². The third kappa shape index (κ3) is 3.18. The molecular weight excluding hydrogens is 274 g/mol. The molecule has 5 heteroatoms. The maximum absolute atomic E-state index is 12.1.